The molecule has 2 atom stereocenters. The van der Waals surface area contributed by atoms with E-state index in [9.17, 15) is 9.50 Å². The van der Waals surface area contributed by atoms with Crippen molar-refractivity contribution in [3.05, 3.63) is 34.6 Å². The van der Waals surface area contributed by atoms with Crippen LogP contribution in [0.1, 0.15) is 38.3 Å². The number of benzene rings is 1. The first kappa shape index (κ1) is 17.6. The van der Waals surface area contributed by atoms with Crippen molar-refractivity contribution in [2.24, 2.45) is 11.7 Å². The summed E-state index contributed by atoms with van der Waals surface area (Å²) in [5.41, 5.74) is 6.46. The number of halogens is 3. The van der Waals surface area contributed by atoms with Gasteiger partial charge in [-0.1, -0.05) is 31.5 Å². The van der Waals surface area contributed by atoms with Crippen LogP contribution in [0, 0.1) is 11.7 Å². The molecular weight excluding hydrogens is 276 g/mol. The summed E-state index contributed by atoms with van der Waals surface area (Å²) in [6.07, 6.45) is 0.853. The number of hydrogen-bond acceptors (Lipinski definition) is 2. The third kappa shape index (κ3) is 5.11. The van der Waals surface area contributed by atoms with E-state index in [1.807, 2.05) is 0 Å². The Kier molecular flexibility index (Phi) is 7.79. The van der Waals surface area contributed by atoms with E-state index in [2.05, 4.69) is 13.8 Å². The molecule has 0 bridgehead atoms. The average molecular weight is 296 g/mol. The quantitative estimate of drug-likeness (QED) is 0.870. The average Bonchev–Trinajstić information content (AvgIpc) is 2.28. The van der Waals surface area contributed by atoms with Crippen molar-refractivity contribution in [2.45, 2.75) is 38.8 Å². The zero-order chi connectivity index (χ0) is 13.0. The lowest BCUT2D eigenvalue weighted by molar-refractivity contribution is 0.128. The number of hydrogen-bond donors (Lipinski definition) is 2. The molecule has 0 aliphatic carbocycles. The van der Waals surface area contributed by atoms with E-state index >= 15 is 0 Å². The molecule has 0 unspecified atom stereocenters. The Hall–Kier alpha value is -0.350. The Morgan fingerprint density at radius 3 is 2.44 bits per heavy atom. The molecule has 104 valence electrons. The summed E-state index contributed by atoms with van der Waals surface area (Å²) in [4.78, 5) is 0. The van der Waals surface area contributed by atoms with Crippen LogP contribution in [-0.2, 0) is 0 Å². The second-order valence-corrected chi connectivity index (χ2v) is 5.15. The van der Waals surface area contributed by atoms with Crippen molar-refractivity contribution in [1.82, 2.24) is 0 Å². The van der Waals surface area contributed by atoms with Crippen LogP contribution in [0.2, 0.25) is 5.02 Å². The van der Waals surface area contributed by atoms with Crippen LogP contribution in [0.5, 0.6) is 0 Å². The van der Waals surface area contributed by atoms with E-state index in [1.54, 1.807) is 6.07 Å². The molecule has 0 aliphatic rings. The summed E-state index contributed by atoms with van der Waals surface area (Å²) in [5, 5.41) is 9.97. The van der Waals surface area contributed by atoms with E-state index in [4.69, 9.17) is 17.3 Å². The molecule has 0 aliphatic heterocycles. The third-order valence-electron chi connectivity index (χ3n) is 2.78. The number of aliphatic hydroxyl groups excluding tert-OH is 1. The number of nitrogens with two attached hydrogens (primary N) is 1. The molecule has 1 aromatic rings. The van der Waals surface area contributed by atoms with Crippen molar-refractivity contribution >= 4 is 24.0 Å². The lowest BCUT2D eigenvalue weighted by Gasteiger charge is -2.20. The van der Waals surface area contributed by atoms with E-state index < -0.39 is 18.0 Å². The fourth-order valence-electron chi connectivity index (χ4n) is 1.63. The van der Waals surface area contributed by atoms with Gasteiger partial charge in [0.05, 0.1) is 17.2 Å². The SMILES string of the molecule is CC(C)CC[C@@H](O)[C@@H](N)c1ccc(Cl)c(F)c1.Cl. The third-order valence-corrected chi connectivity index (χ3v) is 3.09. The van der Waals surface area contributed by atoms with Crippen molar-refractivity contribution in [3.8, 4) is 0 Å². The van der Waals surface area contributed by atoms with Crippen molar-refractivity contribution in [2.75, 3.05) is 0 Å². The molecule has 0 saturated carbocycles. The summed E-state index contributed by atoms with van der Waals surface area (Å²) < 4.78 is 13.2. The van der Waals surface area contributed by atoms with Crippen LogP contribution in [-0.4, -0.2) is 11.2 Å². The van der Waals surface area contributed by atoms with Gasteiger partial charge < -0.3 is 10.8 Å². The molecule has 1 rings (SSSR count). The topological polar surface area (TPSA) is 46.2 Å². The van der Waals surface area contributed by atoms with Gasteiger partial charge in [-0.25, -0.2) is 4.39 Å². The maximum atomic E-state index is 13.2. The van der Waals surface area contributed by atoms with Crippen molar-refractivity contribution in [1.29, 1.82) is 0 Å². The molecule has 0 heterocycles. The Balaban J connectivity index is 0.00000289. The van der Waals surface area contributed by atoms with Gasteiger partial charge in [0, 0.05) is 0 Å². The second kappa shape index (κ2) is 7.95. The zero-order valence-corrected chi connectivity index (χ0v) is 12.1. The van der Waals surface area contributed by atoms with E-state index in [0.717, 1.165) is 6.42 Å². The maximum Gasteiger partial charge on any atom is 0.142 e. The van der Waals surface area contributed by atoms with Gasteiger partial charge in [-0.3, -0.25) is 0 Å². The van der Waals surface area contributed by atoms with Gasteiger partial charge in [0.2, 0.25) is 0 Å². The van der Waals surface area contributed by atoms with Crippen LogP contribution in [0.4, 0.5) is 4.39 Å². The van der Waals surface area contributed by atoms with Crippen LogP contribution in [0.15, 0.2) is 18.2 Å². The normalized spacial score (nSPS) is 14.2. The van der Waals surface area contributed by atoms with Gasteiger partial charge in [-0.2, -0.15) is 0 Å². The van der Waals surface area contributed by atoms with Gasteiger partial charge >= 0.3 is 0 Å². The highest BCUT2D eigenvalue weighted by atomic mass is 35.5. The first-order valence-electron chi connectivity index (χ1n) is 5.80. The smallest absolute Gasteiger partial charge is 0.142 e. The second-order valence-electron chi connectivity index (χ2n) is 4.74. The Bertz CT molecular complexity index is 374. The Labute approximate surface area is 119 Å². The van der Waals surface area contributed by atoms with Crippen LogP contribution in [0.3, 0.4) is 0 Å². The molecule has 0 spiro atoms. The predicted molar refractivity (Wildman–Crippen MR) is 75.7 cm³/mol. The van der Waals surface area contributed by atoms with Gasteiger partial charge in [0.25, 0.3) is 0 Å². The summed E-state index contributed by atoms with van der Waals surface area (Å²) in [5.74, 6) is 0.00878. The maximum absolute atomic E-state index is 13.2. The van der Waals surface area contributed by atoms with E-state index in [-0.39, 0.29) is 17.4 Å². The lowest BCUT2D eigenvalue weighted by atomic mass is 9.96. The number of rotatable bonds is 5. The standard InChI is InChI=1S/C13H19ClFNO.ClH/c1-8(2)3-6-12(17)13(16)9-4-5-10(14)11(15)7-9;/h4-5,7-8,12-13,17H,3,6,16H2,1-2H3;1H/t12-,13+;/m1./s1. The molecule has 3 N–H and O–H groups in total. The molecule has 0 aromatic heterocycles. The minimum absolute atomic E-state index is 0. The molecule has 0 fully saturated rings. The molecule has 2 nitrogen and oxygen atoms in total. The molecule has 0 radical (unpaired) electrons. The highest BCUT2D eigenvalue weighted by molar-refractivity contribution is 6.30. The highest BCUT2D eigenvalue weighted by Crippen LogP contribution is 2.23. The van der Waals surface area contributed by atoms with Gasteiger partial charge in [-0.15, -0.1) is 12.4 Å². The molecule has 5 heteroatoms. The molecule has 1 aromatic carbocycles. The summed E-state index contributed by atoms with van der Waals surface area (Å²) in [7, 11) is 0. The first-order valence-corrected chi connectivity index (χ1v) is 6.18. The van der Waals surface area contributed by atoms with Gasteiger partial charge in [0.15, 0.2) is 0 Å². The Morgan fingerprint density at radius 2 is 1.94 bits per heavy atom. The summed E-state index contributed by atoms with van der Waals surface area (Å²) in [6.45, 7) is 4.17. The minimum atomic E-state index is -0.655. The predicted octanol–water partition coefficient (Wildman–Crippen LogP) is 3.70. The fourth-order valence-corrected chi connectivity index (χ4v) is 1.74. The number of aliphatic hydroxyl groups is 1. The first-order chi connectivity index (χ1) is 7.91. The summed E-state index contributed by atoms with van der Waals surface area (Å²) >= 11 is 5.59. The largest absolute Gasteiger partial charge is 0.391 e. The van der Waals surface area contributed by atoms with E-state index in [1.165, 1.54) is 12.1 Å². The van der Waals surface area contributed by atoms with Crippen LogP contribution >= 0.6 is 24.0 Å². The van der Waals surface area contributed by atoms with Gasteiger partial charge in [0.1, 0.15) is 5.82 Å². The van der Waals surface area contributed by atoms with Gasteiger partial charge in [-0.05, 0) is 36.5 Å². The molecular formula is C13H20Cl2FNO. The fraction of sp³-hybridized carbons (Fsp3) is 0.538. The van der Waals surface area contributed by atoms with Crippen molar-refractivity contribution < 1.29 is 9.50 Å². The Morgan fingerprint density at radius 1 is 1.33 bits per heavy atom. The summed E-state index contributed by atoms with van der Waals surface area (Å²) in [6, 6.07) is 3.82. The van der Waals surface area contributed by atoms with Crippen molar-refractivity contribution in [3.63, 3.8) is 0 Å². The van der Waals surface area contributed by atoms with Crippen LogP contribution < -0.4 is 5.73 Å². The molecule has 0 saturated heterocycles. The zero-order valence-electron chi connectivity index (χ0n) is 10.6. The highest BCUT2D eigenvalue weighted by Gasteiger charge is 2.18. The van der Waals surface area contributed by atoms with E-state index in [0.29, 0.717) is 17.9 Å². The molecule has 18 heavy (non-hydrogen) atoms. The monoisotopic (exact) mass is 295 g/mol. The lowest BCUT2D eigenvalue weighted by Crippen LogP contribution is -2.26. The minimum Gasteiger partial charge on any atom is -0.391 e. The van der Waals surface area contributed by atoms with Crippen LogP contribution in [0.25, 0.3) is 0 Å². The molecule has 0 amide bonds.